The number of benzene rings is 1. The van der Waals surface area contributed by atoms with E-state index in [1.165, 1.54) is 0 Å². The first-order valence-corrected chi connectivity index (χ1v) is 11.3. The van der Waals surface area contributed by atoms with E-state index in [1.54, 1.807) is 36.3 Å². The molecule has 176 valence electrons. The van der Waals surface area contributed by atoms with Crippen LogP contribution in [0.25, 0.3) is 0 Å². The van der Waals surface area contributed by atoms with Gasteiger partial charge in [-0.15, -0.1) is 0 Å². The highest BCUT2D eigenvalue weighted by atomic mass is 16.5. The van der Waals surface area contributed by atoms with Gasteiger partial charge in [-0.1, -0.05) is 12.1 Å². The van der Waals surface area contributed by atoms with Crippen LogP contribution in [0.15, 0.2) is 42.6 Å². The van der Waals surface area contributed by atoms with Crippen LogP contribution in [-0.2, 0) is 4.79 Å². The molecule has 1 aromatic carbocycles. The number of amides is 2. The molecule has 0 saturated carbocycles. The minimum Gasteiger partial charge on any atom is -0.488 e. The summed E-state index contributed by atoms with van der Waals surface area (Å²) in [4.78, 5) is 38.2. The number of rotatable bonds is 2. The average molecular weight is 454 g/mol. The van der Waals surface area contributed by atoms with Crippen molar-refractivity contribution < 1.29 is 19.1 Å². The van der Waals surface area contributed by atoms with Crippen LogP contribution < -0.4 is 9.47 Å². The second kappa shape index (κ2) is 10.6. The lowest BCUT2D eigenvalue weighted by Gasteiger charge is -2.34. The van der Waals surface area contributed by atoms with Gasteiger partial charge in [0.05, 0.1) is 6.54 Å². The third-order valence-electron chi connectivity index (χ3n) is 6.04. The monoisotopic (exact) mass is 453 g/mol. The van der Waals surface area contributed by atoms with Crippen molar-refractivity contribution in [3.63, 3.8) is 0 Å². The van der Waals surface area contributed by atoms with Crippen LogP contribution in [0.2, 0.25) is 0 Å². The number of ether oxygens (including phenoxy) is 2. The molecule has 1 fully saturated rings. The van der Waals surface area contributed by atoms with E-state index >= 15 is 0 Å². The Morgan fingerprint density at radius 1 is 0.939 bits per heavy atom. The highest BCUT2D eigenvalue weighted by Crippen LogP contribution is 2.32. The zero-order chi connectivity index (χ0) is 23.2. The molecule has 9 heteroatoms. The maximum absolute atomic E-state index is 13.1. The Balaban J connectivity index is 1.53. The Morgan fingerprint density at radius 3 is 2.48 bits per heavy atom. The Morgan fingerprint density at radius 2 is 1.70 bits per heavy atom. The fourth-order valence-corrected chi connectivity index (χ4v) is 3.89. The van der Waals surface area contributed by atoms with Crippen molar-refractivity contribution in [2.24, 2.45) is 0 Å². The first-order chi connectivity index (χ1) is 16.0. The van der Waals surface area contributed by atoms with Crippen LogP contribution in [0, 0.1) is 0 Å². The normalized spacial score (nSPS) is 18.7. The van der Waals surface area contributed by atoms with E-state index in [2.05, 4.69) is 21.8 Å². The van der Waals surface area contributed by atoms with Gasteiger partial charge in [0.15, 0.2) is 11.5 Å². The van der Waals surface area contributed by atoms with E-state index in [-0.39, 0.29) is 17.7 Å². The number of nitrogens with zero attached hydrogens (tertiary/aromatic N) is 5. The van der Waals surface area contributed by atoms with Gasteiger partial charge in [-0.2, -0.15) is 0 Å². The highest BCUT2D eigenvalue weighted by molar-refractivity contribution is 5.96. The Bertz CT molecular complexity index is 977. The van der Waals surface area contributed by atoms with Crippen LogP contribution in [-0.4, -0.2) is 109 Å². The lowest BCUT2D eigenvalue weighted by atomic mass is 10.2. The van der Waals surface area contributed by atoms with Gasteiger partial charge in [-0.25, -0.2) is 4.98 Å². The number of para-hydroxylation sites is 2. The molecule has 33 heavy (non-hydrogen) atoms. The number of carbonyl (C=O) groups excluding carboxylic acids is 2. The van der Waals surface area contributed by atoms with Gasteiger partial charge in [-0.3, -0.25) is 14.5 Å². The minimum atomic E-state index is -0.180. The number of hydrogen-bond acceptors (Lipinski definition) is 7. The fraction of sp³-hybridized carbons (Fsp3) is 0.458. The molecular formula is C24H31N5O4. The molecule has 2 amide bonds. The summed E-state index contributed by atoms with van der Waals surface area (Å²) in [6.07, 6.45) is 1.60. The smallest absolute Gasteiger partial charge is 0.259 e. The molecular weight excluding hydrogens is 422 g/mol. The van der Waals surface area contributed by atoms with Gasteiger partial charge in [0.2, 0.25) is 11.8 Å². The second-order valence-electron chi connectivity index (χ2n) is 8.44. The van der Waals surface area contributed by atoms with Crippen molar-refractivity contribution in [3.8, 4) is 17.4 Å². The molecule has 9 nitrogen and oxygen atoms in total. The predicted octanol–water partition coefficient (Wildman–Crippen LogP) is 1.41. The van der Waals surface area contributed by atoms with Crippen LogP contribution in [0.1, 0.15) is 10.4 Å². The molecule has 0 atom stereocenters. The molecule has 0 N–H and O–H groups in total. The second-order valence-corrected chi connectivity index (χ2v) is 8.44. The summed E-state index contributed by atoms with van der Waals surface area (Å²) in [5.41, 5.74) is 0.383. The Labute approximate surface area is 194 Å². The van der Waals surface area contributed by atoms with Crippen LogP contribution in [0.5, 0.6) is 17.4 Å². The maximum atomic E-state index is 13.1. The SMILES string of the molecule is CN1CCN(C(=O)CN2CCOc3ccccc3Oc3ncccc3C(=O)N(C)CC2)CC1. The van der Waals surface area contributed by atoms with Crippen LogP contribution in [0.3, 0.4) is 0 Å². The molecule has 4 rings (SSSR count). The molecule has 2 aromatic rings. The fourth-order valence-electron chi connectivity index (χ4n) is 3.89. The number of hydrogen-bond donors (Lipinski definition) is 0. The number of pyridine rings is 1. The summed E-state index contributed by atoms with van der Waals surface area (Å²) in [5.74, 6) is 1.24. The molecule has 1 saturated heterocycles. The Kier molecular flexibility index (Phi) is 7.41. The van der Waals surface area contributed by atoms with Gasteiger partial charge in [0.1, 0.15) is 12.2 Å². The van der Waals surface area contributed by atoms with Crippen molar-refractivity contribution in [2.75, 3.05) is 73.1 Å². The average Bonchev–Trinajstić information content (AvgIpc) is 2.83. The summed E-state index contributed by atoms with van der Waals surface area (Å²) >= 11 is 0. The number of piperazine rings is 1. The van der Waals surface area contributed by atoms with Crippen molar-refractivity contribution in [3.05, 3.63) is 48.2 Å². The van der Waals surface area contributed by atoms with Crippen LogP contribution in [0.4, 0.5) is 0 Å². The Hall–Kier alpha value is -3.17. The molecule has 2 aliphatic heterocycles. The zero-order valence-corrected chi connectivity index (χ0v) is 19.3. The van der Waals surface area contributed by atoms with E-state index in [9.17, 15) is 9.59 Å². The zero-order valence-electron chi connectivity index (χ0n) is 19.3. The third-order valence-corrected chi connectivity index (χ3v) is 6.04. The first-order valence-electron chi connectivity index (χ1n) is 11.3. The third kappa shape index (κ3) is 5.80. The largest absolute Gasteiger partial charge is 0.488 e. The minimum absolute atomic E-state index is 0.111. The summed E-state index contributed by atoms with van der Waals surface area (Å²) in [6.45, 7) is 5.53. The quantitative estimate of drug-likeness (QED) is 0.680. The summed E-state index contributed by atoms with van der Waals surface area (Å²) < 4.78 is 12.0. The molecule has 0 radical (unpaired) electrons. The molecule has 0 spiro atoms. The van der Waals surface area contributed by atoms with Crippen LogP contribution >= 0.6 is 0 Å². The topological polar surface area (TPSA) is 78.5 Å². The van der Waals surface area contributed by atoms with E-state index < -0.39 is 0 Å². The first kappa shape index (κ1) is 23.0. The van der Waals surface area contributed by atoms with Crippen molar-refractivity contribution in [2.45, 2.75) is 0 Å². The van der Waals surface area contributed by atoms with Gasteiger partial charge in [-0.05, 0) is 31.3 Å². The van der Waals surface area contributed by atoms with Gasteiger partial charge >= 0.3 is 0 Å². The molecule has 2 aliphatic rings. The van der Waals surface area contributed by atoms with Gasteiger partial charge in [0.25, 0.3) is 5.91 Å². The van der Waals surface area contributed by atoms with Crippen molar-refractivity contribution >= 4 is 11.8 Å². The van der Waals surface area contributed by atoms with E-state index in [1.807, 2.05) is 23.1 Å². The lowest BCUT2D eigenvalue weighted by Crippen LogP contribution is -2.51. The number of carbonyl (C=O) groups is 2. The van der Waals surface area contributed by atoms with Crippen molar-refractivity contribution in [1.82, 2.24) is 24.6 Å². The van der Waals surface area contributed by atoms with E-state index in [4.69, 9.17) is 9.47 Å². The van der Waals surface area contributed by atoms with Crippen molar-refractivity contribution in [1.29, 1.82) is 0 Å². The molecule has 0 bridgehead atoms. The summed E-state index contributed by atoms with van der Waals surface area (Å²) in [7, 11) is 3.82. The summed E-state index contributed by atoms with van der Waals surface area (Å²) in [6, 6.07) is 10.8. The maximum Gasteiger partial charge on any atom is 0.259 e. The lowest BCUT2D eigenvalue weighted by molar-refractivity contribution is -0.134. The van der Waals surface area contributed by atoms with E-state index in [0.717, 1.165) is 26.2 Å². The molecule has 0 unspecified atom stereocenters. The molecule has 0 aliphatic carbocycles. The standard InChI is InChI=1S/C24H31N5O4/c1-26-10-14-29(15-11-26)22(30)18-28-13-12-27(2)24(31)19-6-5-9-25-23(19)33-21-8-4-3-7-20(21)32-17-16-28/h3-9H,10-18H2,1-2H3. The molecule has 1 aromatic heterocycles. The highest BCUT2D eigenvalue weighted by Gasteiger charge is 2.24. The number of aromatic nitrogens is 1. The number of likely N-dealkylation sites (N-methyl/N-ethyl adjacent to an activating group) is 2. The summed E-state index contributed by atoms with van der Waals surface area (Å²) in [5, 5.41) is 0. The predicted molar refractivity (Wildman–Crippen MR) is 124 cm³/mol. The van der Waals surface area contributed by atoms with Gasteiger partial charge < -0.3 is 24.2 Å². The van der Waals surface area contributed by atoms with E-state index in [0.29, 0.717) is 49.8 Å². The van der Waals surface area contributed by atoms with Gasteiger partial charge in [0, 0.05) is 59.1 Å². The number of fused-ring (bicyclic) bond motifs is 2. The molecule has 3 heterocycles.